The van der Waals surface area contributed by atoms with Gasteiger partial charge in [0.1, 0.15) is 0 Å². The summed E-state index contributed by atoms with van der Waals surface area (Å²) < 4.78 is 15.7. The van der Waals surface area contributed by atoms with Gasteiger partial charge in [-0.2, -0.15) is 0 Å². The monoisotopic (exact) mass is 319 g/mol. The molecule has 0 saturated carbocycles. The smallest absolute Gasteiger partial charge is 0.277 e. The summed E-state index contributed by atoms with van der Waals surface area (Å²) >= 11 is 0. The van der Waals surface area contributed by atoms with E-state index < -0.39 is 11.8 Å². The molecule has 0 aromatic heterocycles. The molecule has 2 amide bonds. The number of nitrogens with zero attached hydrogens (tertiary/aromatic N) is 1. The van der Waals surface area contributed by atoms with Crippen LogP contribution in [0.15, 0.2) is 30.4 Å². The van der Waals surface area contributed by atoms with E-state index in [1.165, 1.54) is 45.6 Å². The minimum Gasteiger partial charge on any atom is -0.493 e. The number of benzene rings is 1. The first-order valence-corrected chi connectivity index (χ1v) is 6.76. The van der Waals surface area contributed by atoms with Crippen LogP contribution in [0, 0.1) is 0 Å². The molecule has 0 spiro atoms. The summed E-state index contributed by atoms with van der Waals surface area (Å²) in [6.45, 7) is 0.176. The molecule has 0 fully saturated rings. The predicted molar refractivity (Wildman–Crippen MR) is 82.1 cm³/mol. The Hall–Kier alpha value is -2.80. The molecular weight excluding hydrogens is 302 g/mol. The van der Waals surface area contributed by atoms with Gasteiger partial charge in [0.15, 0.2) is 11.5 Å². The Balaban J connectivity index is 2.23. The zero-order valence-electron chi connectivity index (χ0n) is 13.1. The topological polar surface area (TPSA) is 74.3 Å². The number of carbonyl (C=O) groups excluding carboxylic acids is 2. The number of amides is 2. The molecule has 2 rings (SSSR count). The maximum atomic E-state index is 12.0. The minimum atomic E-state index is -0.576. The molecule has 0 unspecified atom stereocenters. The van der Waals surface area contributed by atoms with E-state index in [1.54, 1.807) is 12.1 Å². The van der Waals surface area contributed by atoms with Crippen LogP contribution >= 0.6 is 0 Å². The Morgan fingerprint density at radius 3 is 2.35 bits per heavy atom. The van der Waals surface area contributed by atoms with Gasteiger partial charge >= 0.3 is 0 Å². The van der Waals surface area contributed by atoms with Gasteiger partial charge in [0.2, 0.25) is 5.75 Å². The number of hydroxylamine groups is 2. The van der Waals surface area contributed by atoms with E-state index in [2.05, 4.69) is 0 Å². The van der Waals surface area contributed by atoms with Gasteiger partial charge < -0.3 is 14.2 Å². The third-order valence-corrected chi connectivity index (χ3v) is 3.07. The van der Waals surface area contributed by atoms with Gasteiger partial charge in [-0.25, -0.2) is 0 Å². The number of methoxy groups -OCH3 is 3. The van der Waals surface area contributed by atoms with Gasteiger partial charge in [0.25, 0.3) is 11.8 Å². The van der Waals surface area contributed by atoms with E-state index >= 15 is 0 Å². The second kappa shape index (κ2) is 7.46. The van der Waals surface area contributed by atoms with E-state index in [0.717, 1.165) is 0 Å². The number of imide groups is 1. The zero-order valence-corrected chi connectivity index (χ0v) is 13.1. The summed E-state index contributed by atoms with van der Waals surface area (Å²) in [5.41, 5.74) is 0.646. The van der Waals surface area contributed by atoms with Crippen LogP contribution in [0.2, 0.25) is 0 Å². The predicted octanol–water partition coefficient (Wildman–Crippen LogP) is 1.58. The third kappa shape index (κ3) is 3.70. The van der Waals surface area contributed by atoms with Crippen LogP contribution in [0.25, 0.3) is 6.08 Å². The van der Waals surface area contributed by atoms with Crippen LogP contribution in [0.4, 0.5) is 0 Å². The summed E-state index contributed by atoms with van der Waals surface area (Å²) in [4.78, 5) is 28.5. The van der Waals surface area contributed by atoms with Gasteiger partial charge in [0.05, 0.1) is 27.9 Å². The van der Waals surface area contributed by atoms with Crippen LogP contribution in [-0.4, -0.2) is 44.8 Å². The molecule has 1 aliphatic rings. The molecular formula is C16H17NO6. The Morgan fingerprint density at radius 2 is 1.83 bits per heavy atom. The normalized spacial score (nSPS) is 14.2. The molecule has 1 heterocycles. The van der Waals surface area contributed by atoms with Gasteiger partial charge in [0, 0.05) is 12.2 Å². The average Bonchev–Trinajstić information content (AvgIpc) is 2.58. The van der Waals surface area contributed by atoms with Crippen molar-refractivity contribution in [1.29, 1.82) is 0 Å². The first-order valence-electron chi connectivity index (χ1n) is 6.76. The van der Waals surface area contributed by atoms with Gasteiger partial charge in [-0.3, -0.25) is 14.4 Å². The summed E-state index contributed by atoms with van der Waals surface area (Å²) in [5.74, 6) is 0.293. The third-order valence-electron chi connectivity index (χ3n) is 3.07. The molecule has 0 atom stereocenters. The second-order valence-corrected chi connectivity index (χ2v) is 4.46. The molecule has 1 aliphatic heterocycles. The standard InChI is InChI=1S/C16H17NO6/c1-20-12-9-11(10-13(21-2)16(12)22-3)6-7-15(19)17-14(18)5-4-8-23-17/h4-7,9-10H,8H2,1-3H3/b7-6+. The highest BCUT2D eigenvalue weighted by atomic mass is 16.7. The SMILES string of the molecule is COc1cc(/C=C/C(=O)N2OCC=CC2=O)cc(OC)c1OC. The molecule has 1 aromatic rings. The molecule has 0 saturated heterocycles. The maximum absolute atomic E-state index is 12.0. The molecule has 7 nitrogen and oxygen atoms in total. The second-order valence-electron chi connectivity index (χ2n) is 4.46. The Labute approximate surface area is 133 Å². The summed E-state index contributed by atoms with van der Waals surface area (Å²) in [6, 6.07) is 3.37. The van der Waals surface area contributed by atoms with Gasteiger partial charge in [-0.1, -0.05) is 6.08 Å². The summed E-state index contributed by atoms with van der Waals surface area (Å²) in [6.07, 6.45) is 5.59. The van der Waals surface area contributed by atoms with Crippen molar-refractivity contribution in [3.63, 3.8) is 0 Å². The number of ether oxygens (including phenoxy) is 3. The zero-order chi connectivity index (χ0) is 16.8. The molecule has 0 bridgehead atoms. The van der Waals surface area contributed by atoms with Crippen LogP contribution < -0.4 is 14.2 Å². The van der Waals surface area contributed by atoms with Crippen molar-refractivity contribution in [2.24, 2.45) is 0 Å². The molecule has 7 heteroatoms. The Morgan fingerprint density at radius 1 is 1.17 bits per heavy atom. The van der Waals surface area contributed by atoms with Crippen molar-refractivity contribution in [2.45, 2.75) is 0 Å². The fourth-order valence-corrected chi connectivity index (χ4v) is 2.00. The Bertz CT molecular complexity index is 640. The largest absolute Gasteiger partial charge is 0.493 e. The van der Waals surface area contributed by atoms with Crippen molar-refractivity contribution in [2.75, 3.05) is 27.9 Å². The Kier molecular flexibility index (Phi) is 5.37. The van der Waals surface area contributed by atoms with Crippen molar-refractivity contribution < 1.29 is 28.6 Å². The number of carbonyl (C=O) groups is 2. The van der Waals surface area contributed by atoms with Crippen molar-refractivity contribution in [1.82, 2.24) is 5.06 Å². The van der Waals surface area contributed by atoms with Crippen LogP contribution in [0.5, 0.6) is 17.2 Å². The fraction of sp³-hybridized carbons (Fsp3) is 0.250. The van der Waals surface area contributed by atoms with Crippen molar-refractivity contribution >= 4 is 17.9 Å². The highest BCUT2D eigenvalue weighted by Gasteiger charge is 2.21. The summed E-state index contributed by atoms with van der Waals surface area (Å²) in [5, 5.41) is 0.703. The molecule has 1 aromatic carbocycles. The highest BCUT2D eigenvalue weighted by molar-refractivity contribution is 6.05. The van der Waals surface area contributed by atoms with Crippen molar-refractivity contribution in [3.05, 3.63) is 35.9 Å². The van der Waals surface area contributed by atoms with E-state index in [-0.39, 0.29) is 6.61 Å². The van der Waals surface area contributed by atoms with Crippen LogP contribution in [0.1, 0.15) is 5.56 Å². The van der Waals surface area contributed by atoms with Crippen molar-refractivity contribution in [3.8, 4) is 17.2 Å². The van der Waals surface area contributed by atoms with E-state index in [4.69, 9.17) is 19.0 Å². The quantitative estimate of drug-likeness (QED) is 0.767. The lowest BCUT2D eigenvalue weighted by Gasteiger charge is -2.18. The van der Waals surface area contributed by atoms with Gasteiger partial charge in [-0.15, -0.1) is 5.06 Å². The van der Waals surface area contributed by atoms with Crippen LogP contribution in [-0.2, 0) is 14.4 Å². The van der Waals surface area contributed by atoms with E-state index in [0.29, 0.717) is 27.9 Å². The first kappa shape index (κ1) is 16.6. The molecule has 0 aliphatic carbocycles. The lowest BCUT2D eigenvalue weighted by atomic mass is 10.1. The number of hydrogen-bond acceptors (Lipinski definition) is 6. The van der Waals surface area contributed by atoms with Gasteiger partial charge in [-0.05, 0) is 23.8 Å². The molecule has 0 radical (unpaired) electrons. The van der Waals surface area contributed by atoms with Crippen LogP contribution in [0.3, 0.4) is 0 Å². The average molecular weight is 319 g/mol. The number of rotatable bonds is 5. The molecule has 122 valence electrons. The van der Waals surface area contributed by atoms with E-state index in [9.17, 15) is 9.59 Å². The first-order chi connectivity index (χ1) is 11.1. The molecule has 0 N–H and O–H groups in total. The minimum absolute atomic E-state index is 0.176. The summed E-state index contributed by atoms with van der Waals surface area (Å²) in [7, 11) is 4.51. The fourth-order valence-electron chi connectivity index (χ4n) is 2.00. The number of hydrogen-bond donors (Lipinski definition) is 0. The highest BCUT2D eigenvalue weighted by Crippen LogP contribution is 2.38. The lowest BCUT2D eigenvalue weighted by Crippen LogP contribution is -2.36. The molecule has 23 heavy (non-hydrogen) atoms. The van der Waals surface area contributed by atoms with E-state index in [1.807, 2.05) is 0 Å². The lowest BCUT2D eigenvalue weighted by molar-refractivity contribution is -0.186. The maximum Gasteiger partial charge on any atom is 0.277 e.